The number of rotatable bonds is 7. The Bertz CT molecular complexity index is 661. The molecule has 27 heavy (non-hydrogen) atoms. The zero-order valence-electron chi connectivity index (χ0n) is 16.4. The molecule has 1 aliphatic rings. The van der Waals surface area contributed by atoms with Gasteiger partial charge in [0.2, 0.25) is 0 Å². The fraction of sp³-hybridized carbons (Fsp3) is 0.550. The van der Waals surface area contributed by atoms with Crippen molar-refractivity contribution in [1.82, 2.24) is 4.90 Å². The van der Waals surface area contributed by atoms with Crippen LogP contribution in [0.1, 0.15) is 32.8 Å². The Morgan fingerprint density at radius 2 is 1.85 bits per heavy atom. The summed E-state index contributed by atoms with van der Waals surface area (Å²) in [6, 6.07) is 9.79. The summed E-state index contributed by atoms with van der Waals surface area (Å²) in [6.45, 7) is 7.15. The van der Waals surface area contributed by atoms with E-state index in [0.717, 1.165) is 5.56 Å². The summed E-state index contributed by atoms with van der Waals surface area (Å²) in [6.07, 6.45) is -0.335. The largest absolute Gasteiger partial charge is 0.469 e. The summed E-state index contributed by atoms with van der Waals surface area (Å²) in [5.74, 6) is -0.352. The van der Waals surface area contributed by atoms with E-state index < -0.39 is 5.60 Å². The SMILES string of the molecule is COC(=O)C/C(COC1CN(C(=O)OC(C)(C)C)C1)=N\Cc1ccccc1. The molecular formula is C20H28N2O5. The minimum absolute atomic E-state index is 0.0860. The molecule has 148 valence electrons. The van der Waals surface area contributed by atoms with Gasteiger partial charge in [-0.2, -0.15) is 0 Å². The second kappa shape index (κ2) is 9.50. The van der Waals surface area contributed by atoms with Crippen LogP contribution in [0.3, 0.4) is 0 Å². The van der Waals surface area contributed by atoms with E-state index in [-0.39, 0.29) is 31.2 Å². The number of hydrogen-bond acceptors (Lipinski definition) is 6. The fourth-order valence-corrected chi connectivity index (χ4v) is 2.41. The van der Waals surface area contributed by atoms with Crippen molar-refractivity contribution in [3.8, 4) is 0 Å². The highest BCUT2D eigenvalue weighted by molar-refractivity contribution is 5.99. The Morgan fingerprint density at radius 3 is 2.44 bits per heavy atom. The normalized spacial score (nSPS) is 15.3. The molecule has 0 spiro atoms. The van der Waals surface area contributed by atoms with Crippen LogP contribution < -0.4 is 0 Å². The molecule has 7 heteroatoms. The molecule has 0 atom stereocenters. The van der Waals surface area contributed by atoms with E-state index in [1.54, 1.807) is 4.90 Å². The van der Waals surface area contributed by atoms with E-state index in [1.165, 1.54) is 7.11 Å². The van der Waals surface area contributed by atoms with Crippen LogP contribution in [-0.2, 0) is 25.5 Å². The van der Waals surface area contributed by atoms with Gasteiger partial charge in [-0.25, -0.2) is 4.79 Å². The molecule has 1 fully saturated rings. The number of carbonyl (C=O) groups excluding carboxylic acids is 2. The van der Waals surface area contributed by atoms with Gasteiger partial charge >= 0.3 is 12.1 Å². The number of carbonyl (C=O) groups is 2. The lowest BCUT2D eigenvalue weighted by Gasteiger charge is -2.39. The molecule has 1 aromatic carbocycles. The zero-order valence-corrected chi connectivity index (χ0v) is 16.4. The summed E-state index contributed by atoms with van der Waals surface area (Å²) >= 11 is 0. The van der Waals surface area contributed by atoms with Crippen LogP contribution in [0.15, 0.2) is 35.3 Å². The number of methoxy groups -OCH3 is 1. The molecule has 0 aliphatic carbocycles. The molecule has 7 nitrogen and oxygen atoms in total. The summed E-state index contributed by atoms with van der Waals surface area (Å²) in [5.41, 5.74) is 1.17. The van der Waals surface area contributed by atoms with Crippen LogP contribution in [-0.4, -0.2) is 61.2 Å². The molecular weight excluding hydrogens is 348 g/mol. The van der Waals surface area contributed by atoms with E-state index in [2.05, 4.69) is 4.99 Å². The van der Waals surface area contributed by atoms with Crippen molar-refractivity contribution < 1.29 is 23.8 Å². The zero-order chi connectivity index (χ0) is 19.9. The van der Waals surface area contributed by atoms with Crippen molar-refractivity contribution in [3.63, 3.8) is 0 Å². The van der Waals surface area contributed by atoms with Gasteiger partial charge < -0.3 is 19.1 Å². The van der Waals surface area contributed by atoms with Crippen molar-refractivity contribution in [3.05, 3.63) is 35.9 Å². The molecule has 2 rings (SSSR count). The maximum absolute atomic E-state index is 11.9. The van der Waals surface area contributed by atoms with Crippen LogP contribution in [0.2, 0.25) is 0 Å². The number of hydrogen-bond donors (Lipinski definition) is 0. The molecule has 0 saturated carbocycles. The van der Waals surface area contributed by atoms with E-state index in [1.807, 2.05) is 51.1 Å². The Labute approximate surface area is 160 Å². The Balaban J connectivity index is 1.82. The maximum Gasteiger partial charge on any atom is 0.410 e. The van der Waals surface area contributed by atoms with Crippen molar-refractivity contribution in [1.29, 1.82) is 0 Å². The van der Waals surface area contributed by atoms with Crippen LogP contribution in [0.4, 0.5) is 4.79 Å². The first kappa shape index (κ1) is 20.9. The van der Waals surface area contributed by atoms with Gasteiger partial charge in [0.25, 0.3) is 0 Å². The molecule has 0 aromatic heterocycles. The van der Waals surface area contributed by atoms with Crippen molar-refractivity contribution >= 4 is 17.8 Å². The van der Waals surface area contributed by atoms with Crippen molar-refractivity contribution in [2.75, 3.05) is 26.8 Å². The molecule has 1 saturated heterocycles. The third kappa shape index (κ3) is 7.38. The average Bonchev–Trinajstić information content (AvgIpc) is 2.57. The minimum Gasteiger partial charge on any atom is -0.469 e. The number of amides is 1. The molecule has 0 bridgehead atoms. The molecule has 1 aliphatic heterocycles. The first-order valence-electron chi connectivity index (χ1n) is 8.99. The standard InChI is InChI=1S/C20H28N2O5/c1-20(2,3)27-19(24)22-12-17(13-22)26-14-16(10-18(23)25-4)21-11-15-8-6-5-7-9-15/h5-9,17H,10-14H2,1-4H3/b21-16+. The lowest BCUT2D eigenvalue weighted by Crippen LogP contribution is -2.56. The highest BCUT2D eigenvalue weighted by Gasteiger charge is 2.34. The van der Waals surface area contributed by atoms with Gasteiger partial charge in [-0.15, -0.1) is 0 Å². The number of likely N-dealkylation sites (tertiary alicyclic amines) is 1. The summed E-state index contributed by atoms with van der Waals surface area (Å²) in [4.78, 5) is 29.6. The van der Waals surface area contributed by atoms with Gasteiger partial charge in [-0.05, 0) is 26.3 Å². The number of nitrogens with zero attached hydrogens (tertiary/aromatic N) is 2. The van der Waals surface area contributed by atoms with Crippen molar-refractivity contribution in [2.24, 2.45) is 4.99 Å². The van der Waals surface area contributed by atoms with Gasteiger partial charge in [0.05, 0.1) is 45.9 Å². The van der Waals surface area contributed by atoms with Crippen molar-refractivity contribution in [2.45, 2.75) is 45.4 Å². The summed E-state index contributed by atoms with van der Waals surface area (Å²) in [7, 11) is 1.35. The topological polar surface area (TPSA) is 77.4 Å². The molecule has 0 N–H and O–H groups in total. The molecule has 1 amide bonds. The smallest absolute Gasteiger partial charge is 0.410 e. The fourth-order valence-electron chi connectivity index (χ4n) is 2.41. The Morgan fingerprint density at radius 1 is 1.19 bits per heavy atom. The highest BCUT2D eigenvalue weighted by atomic mass is 16.6. The summed E-state index contributed by atoms with van der Waals surface area (Å²) in [5, 5.41) is 0. The van der Waals surface area contributed by atoms with Crippen LogP contribution in [0, 0.1) is 0 Å². The van der Waals surface area contributed by atoms with Crippen LogP contribution in [0.5, 0.6) is 0 Å². The molecule has 0 unspecified atom stereocenters. The molecule has 1 aromatic rings. The predicted octanol–water partition coefficient (Wildman–Crippen LogP) is 2.83. The lowest BCUT2D eigenvalue weighted by molar-refractivity contribution is -0.139. The van der Waals surface area contributed by atoms with Gasteiger partial charge in [-0.1, -0.05) is 30.3 Å². The van der Waals surface area contributed by atoms with Gasteiger partial charge in [0.1, 0.15) is 5.60 Å². The first-order chi connectivity index (χ1) is 12.8. The van der Waals surface area contributed by atoms with Gasteiger partial charge in [0, 0.05) is 5.71 Å². The first-order valence-corrected chi connectivity index (χ1v) is 8.99. The second-order valence-corrected chi connectivity index (χ2v) is 7.44. The number of esters is 1. The van der Waals surface area contributed by atoms with Crippen LogP contribution in [0.25, 0.3) is 0 Å². The Kier molecular flexibility index (Phi) is 7.36. The number of ether oxygens (including phenoxy) is 3. The average molecular weight is 376 g/mol. The molecule has 1 heterocycles. The van der Waals surface area contributed by atoms with E-state index in [0.29, 0.717) is 25.3 Å². The summed E-state index contributed by atoms with van der Waals surface area (Å²) < 4.78 is 15.8. The third-order valence-electron chi connectivity index (χ3n) is 3.89. The van der Waals surface area contributed by atoms with E-state index in [4.69, 9.17) is 14.2 Å². The van der Waals surface area contributed by atoms with Gasteiger partial charge in [-0.3, -0.25) is 9.79 Å². The minimum atomic E-state index is -0.513. The number of aliphatic imine (C=N–C) groups is 1. The predicted molar refractivity (Wildman–Crippen MR) is 102 cm³/mol. The highest BCUT2D eigenvalue weighted by Crippen LogP contribution is 2.17. The van der Waals surface area contributed by atoms with E-state index in [9.17, 15) is 9.59 Å². The van der Waals surface area contributed by atoms with Gasteiger partial charge in [0.15, 0.2) is 0 Å². The van der Waals surface area contributed by atoms with Crippen LogP contribution >= 0.6 is 0 Å². The Hall–Kier alpha value is -2.41. The monoisotopic (exact) mass is 376 g/mol. The second-order valence-electron chi connectivity index (χ2n) is 7.44. The van der Waals surface area contributed by atoms with E-state index >= 15 is 0 Å². The third-order valence-corrected chi connectivity index (χ3v) is 3.89. The maximum atomic E-state index is 11.9. The quantitative estimate of drug-likeness (QED) is 0.540. The molecule has 0 radical (unpaired) electrons. The number of benzene rings is 1. The lowest BCUT2D eigenvalue weighted by atomic mass is 10.1.